The van der Waals surface area contributed by atoms with Gasteiger partial charge in [0.1, 0.15) is 0 Å². The van der Waals surface area contributed by atoms with Crippen LogP contribution < -0.4 is 0 Å². The zero-order valence-electron chi connectivity index (χ0n) is 15.1. The van der Waals surface area contributed by atoms with Crippen LogP contribution in [0.25, 0.3) is 0 Å². The van der Waals surface area contributed by atoms with Crippen LogP contribution in [0.2, 0.25) is 0 Å². The van der Waals surface area contributed by atoms with Crippen molar-refractivity contribution in [2.45, 2.75) is 70.9 Å². The lowest BCUT2D eigenvalue weighted by atomic mass is 10.0. The molecule has 1 amide bonds. The summed E-state index contributed by atoms with van der Waals surface area (Å²) in [5.41, 5.74) is 0. The molecule has 7 nitrogen and oxygen atoms in total. The van der Waals surface area contributed by atoms with E-state index in [1.165, 1.54) is 6.42 Å². The van der Waals surface area contributed by atoms with E-state index in [0.717, 1.165) is 38.2 Å². The first-order valence-electron chi connectivity index (χ1n) is 9.23. The first kappa shape index (κ1) is 17.6. The zero-order chi connectivity index (χ0) is 17.6. The fourth-order valence-electron chi connectivity index (χ4n) is 3.28. The fraction of sp³-hybridized carbons (Fsp3) is 0.667. The highest BCUT2D eigenvalue weighted by Crippen LogP contribution is 2.20. The summed E-state index contributed by atoms with van der Waals surface area (Å²) in [6.07, 6.45) is 8.97. The van der Waals surface area contributed by atoms with E-state index in [2.05, 4.69) is 15.2 Å². The van der Waals surface area contributed by atoms with Crippen molar-refractivity contribution in [2.24, 2.45) is 0 Å². The molecule has 3 heterocycles. The van der Waals surface area contributed by atoms with Gasteiger partial charge in [-0.1, -0.05) is 19.0 Å². The highest BCUT2D eigenvalue weighted by molar-refractivity contribution is 5.76. The Morgan fingerprint density at radius 3 is 3.00 bits per heavy atom. The van der Waals surface area contributed by atoms with Gasteiger partial charge in [0, 0.05) is 37.7 Å². The topological polar surface area (TPSA) is 77.0 Å². The van der Waals surface area contributed by atoms with E-state index in [1.807, 2.05) is 35.7 Å². The molecule has 1 saturated heterocycles. The third-order valence-corrected chi connectivity index (χ3v) is 4.69. The Morgan fingerprint density at radius 2 is 2.28 bits per heavy atom. The molecule has 3 rings (SSSR count). The molecule has 136 valence electrons. The van der Waals surface area contributed by atoms with E-state index in [-0.39, 0.29) is 17.9 Å². The summed E-state index contributed by atoms with van der Waals surface area (Å²) < 4.78 is 7.17. The molecule has 0 aromatic carbocycles. The number of hydrogen-bond donors (Lipinski definition) is 0. The molecule has 2 aromatic rings. The molecule has 1 fully saturated rings. The minimum Gasteiger partial charge on any atom is -0.339 e. The second kappa shape index (κ2) is 8.27. The monoisotopic (exact) mass is 345 g/mol. The van der Waals surface area contributed by atoms with Crippen LogP contribution >= 0.6 is 0 Å². The molecule has 1 atom stereocenters. The number of likely N-dealkylation sites (tertiary alicyclic amines) is 1. The lowest BCUT2D eigenvalue weighted by Gasteiger charge is -2.35. The van der Waals surface area contributed by atoms with E-state index in [1.54, 1.807) is 6.20 Å². The van der Waals surface area contributed by atoms with Gasteiger partial charge in [-0.3, -0.25) is 9.48 Å². The van der Waals surface area contributed by atoms with Crippen molar-refractivity contribution in [3.05, 3.63) is 30.2 Å². The van der Waals surface area contributed by atoms with Crippen LogP contribution in [0.1, 0.15) is 63.6 Å². The second-order valence-corrected chi connectivity index (χ2v) is 7.02. The van der Waals surface area contributed by atoms with Gasteiger partial charge in [0.25, 0.3) is 0 Å². The highest BCUT2D eigenvalue weighted by Gasteiger charge is 2.26. The summed E-state index contributed by atoms with van der Waals surface area (Å²) >= 11 is 0. The molecule has 0 unspecified atom stereocenters. The molecule has 0 N–H and O–H groups in total. The normalized spacial score (nSPS) is 18.0. The van der Waals surface area contributed by atoms with Gasteiger partial charge in [0.15, 0.2) is 5.82 Å². The maximum atomic E-state index is 12.7. The van der Waals surface area contributed by atoms with Gasteiger partial charge < -0.3 is 9.42 Å². The summed E-state index contributed by atoms with van der Waals surface area (Å²) in [6, 6.07) is 2.17. The van der Waals surface area contributed by atoms with Crippen molar-refractivity contribution in [1.29, 1.82) is 0 Å². The standard InChI is InChI=1S/C18H27N5O2/c1-14(2)18-20-16(25-21-18)8-5-9-17(24)23-12-4-3-7-15(23)13-22-11-6-10-19-22/h6,10-11,14-15H,3-5,7-9,12-13H2,1-2H3/t15-/m1/s1. The molecule has 1 aliphatic heterocycles. The van der Waals surface area contributed by atoms with Crippen molar-refractivity contribution in [1.82, 2.24) is 24.8 Å². The van der Waals surface area contributed by atoms with Crippen molar-refractivity contribution in [3.63, 3.8) is 0 Å². The average Bonchev–Trinajstić information content (AvgIpc) is 3.27. The number of aryl methyl sites for hydroxylation is 1. The van der Waals surface area contributed by atoms with E-state index < -0.39 is 0 Å². The summed E-state index contributed by atoms with van der Waals surface area (Å²) in [5, 5.41) is 8.24. The Hall–Kier alpha value is -2.18. The molecular formula is C18H27N5O2. The number of nitrogens with zero attached hydrogens (tertiary/aromatic N) is 5. The maximum absolute atomic E-state index is 12.7. The van der Waals surface area contributed by atoms with E-state index in [0.29, 0.717) is 18.7 Å². The predicted octanol–water partition coefficient (Wildman–Crippen LogP) is 2.79. The van der Waals surface area contributed by atoms with E-state index in [9.17, 15) is 4.79 Å². The quantitative estimate of drug-likeness (QED) is 0.771. The number of carbonyl (C=O) groups excluding carboxylic acids is 1. The Labute approximate surface area is 148 Å². The Kier molecular flexibility index (Phi) is 5.83. The zero-order valence-corrected chi connectivity index (χ0v) is 15.1. The molecule has 0 aliphatic carbocycles. The van der Waals surface area contributed by atoms with Crippen molar-refractivity contribution in [2.75, 3.05) is 6.54 Å². The van der Waals surface area contributed by atoms with Crippen LogP contribution in [-0.4, -0.2) is 43.3 Å². The number of piperidine rings is 1. The summed E-state index contributed by atoms with van der Waals surface area (Å²) in [6.45, 7) is 5.70. The highest BCUT2D eigenvalue weighted by atomic mass is 16.5. The van der Waals surface area contributed by atoms with Gasteiger partial charge in [0.2, 0.25) is 11.8 Å². The summed E-state index contributed by atoms with van der Waals surface area (Å²) in [5.74, 6) is 1.84. The van der Waals surface area contributed by atoms with Crippen LogP contribution in [0.3, 0.4) is 0 Å². The Bertz CT molecular complexity index is 665. The molecular weight excluding hydrogens is 318 g/mol. The van der Waals surface area contributed by atoms with Gasteiger partial charge in [0.05, 0.1) is 12.6 Å². The van der Waals surface area contributed by atoms with Gasteiger partial charge in [-0.05, 0) is 31.7 Å². The second-order valence-electron chi connectivity index (χ2n) is 7.02. The van der Waals surface area contributed by atoms with Crippen LogP contribution in [0, 0.1) is 0 Å². The van der Waals surface area contributed by atoms with Gasteiger partial charge >= 0.3 is 0 Å². The third kappa shape index (κ3) is 4.67. The van der Waals surface area contributed by atoms with Crippen molar-refractivity contribution >= 4 is 5.91 Å². The minimum atomic E-state index is 0.223. The molecule has 25 heavy (non-hydrogen) atoms. The first-order chi connectivity index (χ1) is 12.1. The van der Waals surface area contributed by atoms with Crippen LogP contribution in [-0.2, 0) is 17.8 Å². The summed E-state index contributed by atoms with van der Waals surface area (Å²) in [7, 11) is 0. The molecule has 2 aromatic heterocycles. The molecule has 0 radical (unpaired) electrons. The number of aromatic nitrogens is 4. The van der Waals surface area contributed by atoms with Gasteiger partial charge in [-0.2, -0.15) is 10.1 Å². The van der Waals surface area contributed by atoms with E-state index in [4.69, 9.17) is 4.52 Å². The number of amides is 1. The smallest absolute Gasteiger partial charge is 0.226 e. The lowest BCUT2D eigenvalue weighted by molar-refractivity contribution is -0.135. The molecule has 7 heteroatoms. The van der Waals surface area contributed by atoms with E-state index >= 15 is 0 Å². The first-order valence-corrected chi connectivity index (χ1v) is 9.23. The Balaban J connectivity index is 1.50. The van der Waals surface area contributed by atoms with Crippen LogP contribution in [0.5, 0.6) is 0 Å². The third-order valence-electron chi connectivity index (χ3n) is 4.69. The predicted molar refractivity (Wildman–Crippen MR) is 92.9 cm³/mol. The molecule has 1 aliphatic rings. The SMILES string of the molecule is CC(C)c1noc(CCCC(=O)N2CCCC[C@@H]2Cn2cccn2)n1. The van der Waals surface area contributed by atoms with Crippen LogP contribution in [0.15, 0.2) is 23.0 Å². The molecule has 0 saturated carbocycles. The van der Waals surface area contributed by atoms with Crippen molar-refractivity contribution < 1.29 is 9.32 Å². The van der Waals surface area contributed by atoms with Gasteiger partial charge in [-0.25, -0.2) is 0 Å². The largest absolute Gasteiger partial charge is 0.339 e. The Morgan fingerprint density at radius 1 is 1.40 bits per heavy atom. The number of carbonyl (C=O) groups is 1. The minimum absolute atomic E-state index is 0.223. The maximum Gasteiger partial charge on any atom is 0.226 e. The number of hydrogen-bond acceptors (Lipinski definition) is 5. The van der Waals surface area contributed by atoms with Crippen molar-refractivity contribution in [3.8, 4) is 0 Å². The molecule has 0 bridgehead atoms. The molecule has 0 spiro atoms. The average molecular weight is 345 g/mol. The summed E-state index contributed by atoms with van der Waals surface area (Å²) in [4.78, 5) is 19.1. The fourth-order valence-corrected chi connectivity index (χ4v) is 3.28. The van der Waals surface area contributed by atoms with Gasteiger partial charge in [-0.15, -0.1) is 0 Å². The lowest BCUT2D eigenvalue weighted by Crippen LogP contribution is -2.45. The van der Waals surface area contributed by atoms with Crippen LogP contribution in [0.4, 0.5) is 0 Å². The number of rotatable bonds is 7.